The molecule has 1 aromatic carbocycles. The van der Waals surface area contributed by atoms with Crippen LogP contribution in [0.1, 0.15) is 5.56 Å². The fraction of sp³-hybridized carbons (Fsp3) is 0.154. The summed E-state index contributed by atoms with van der Waals surface area (Å²) in [5.74, 6) is -0.911. The number of quaternary nitrogens is 1. The van der Waals surface area contributed by atoms with Crippen LogP contribution in [-0.2, 0) is 5.72 Å². The number of nitrogens with one attached hydrogen (secondary N) is 2. The quantitative estimate of drug-likeness (QED) is 0.684. The summed E-state index contributed by atoms with van der Waals surface area (Å²) < 4.78 is 19.6. The molecule has 0 aliphatic carbocycles. The van der Waals surface area contributed by atoms with Crippen molar-refractivity contribution < 1.29 is 19.5 Å². The maximum Gasteiger partial charge on any atom is 0.198 e. The first-order chi connectivity index (χ1) is 10.4. The highest BCUT2D eigenvalue weighted by atomic mass is 79.9. The van der Waals surface area contributed by atoms with E-state index in [2.05, 4.69) is 26.2 Å². The number of ether oxygens (including phenoxy) is 1. The Hall–Kier alpha value is -1.78. The molecule has 3 rings (SSSR count). The first kappa shape index (κ1) is 15.1. The second-order valence-electron chi connectivity index (χ2n) is 4.72. The predicted octanol–water partition coefficient (Wildman–Crippen LogP) is 1.14. The van der Waals surface area contributed by atoms with Gasteiger partial charge in [0.2, 0.25) is 0 Å². The van der Waals surface area contributed by atoms with Crippen LogP contribution in [0.5, 0.6) is 5.75 Å². The molecule has 1 aliphatic rings. The Morgan fingerprint density at radius 3 is 2.91 bits per heavy atom. The molecule has 7 nitrogen and oxygen atoms in total. The van der Waals surface area contributed by atoms with Crippen molar-refractivity contribution in [2.75, 3.05) is 11.9 Å². The van der Waals surface area contributed by atoms with E-state index < -0.39 is 22.5 Å². The summed E-state index contributed by atoms with van der Waals surface area (Å²) in [5.41, 5.74) is -2.28. The Morgan fingerprint density at radius 1 is 1.50 bits per heavy atom. The number of hydrogen-bond donors (Lipinski definition) is 3. The van der Waals surface area contributed by atoms with Crippen LogP contribution in [0.15, 0.2) is 35.1 Å². The van der Waals surface area contributed by atoms with Crippen LogP contribution in [0.3, 0.4) is 0 Å². The van der Waals surface area contributed by atoms with Crippen molar-refractivity contribution in [1.82, 2.24) is 4.98 Å². The zero-order valence-corrected chi connectivity index (χ0v) is 12.6. The molecule has 1 unspecified atom stereocenters. The highest BCUT2D eigenvalue weighted by Crippen LogP contribution is 2.45. The summed E-state index contributed by atoms with van der Waals surface area (Å²) in [4.78, 5) is 3.89. The Kier molecular flexibility index (Phi) is 3.75. The minimum atomic E-state index is -1.74. The molecule has 116 valence electrons. The van der Waals surface area contributed by atoms with E-state index in [-0.39, 0.29) is 22.5 Å². The number of rotatable bonds is 2. The molecule has 0 bridgehead atoms. The molecule has 0 spiro atoms. The lowest BCUT2D eigenvalue weighted by Crippen LogP contribution is -2.96. The van der Waals surface area contributed by atoms with Crippen LogP contribution in [-0.4, -0.2) is 16.7 Å². The number of fused-ring (bicyclic) bond motifs is 1. The van der Waals surface area contributed by atoms with E-state index in [1.165, 1.54) is 12.4 Å². The van der Waals surface area contributed by atoms with Crippen molar-refractivity contribution in [3.05, 3.63) is 56.9 Å². The molecule has 0 fully saturated rings. The van der Waals surface area contributed by atoms with E-state index in [0.29, 0.717) is 5.56 Å². The van der Waals surface area contributed by atoms with Gasteiger partial charge in [-0.15, -0.1) is 0 Å². The maximum absolute atomic E-state index is 13.9. The van der Waals surface area contributed by atoms with Gasteiger partial charge in [0.15, 0.2) is 23.0 Å². The van der Waals surface area contributed by atoms with Crippen LogP contribution in [0.2, 0.25) is 0 Å². The Morgan fingerprint density at radius 2 is 2.27 bits per heavy atom. The number of nitrogens with zero attached hydrogens (tertiary/aromatic N) is 1. The van der Waals surface area contributed by atoms with Crippen molar-refractivity contribution >= 4 is 27.3 Å². The van der Waals surface area contributed by atoms with E-state index in [0.717, 1.165) is 6.07 Å². The van der Waals surface area contributed by atoms with Gasteiger partial charge in [-0.25, -0.2) is 4.39 Å². The van der Waals surface area contributed by atoms with Gasteiger partial charge in [-0.05, 0) is 28.1 Å². The standard InChI is InChI=1S/C13H10BrFN3O4/c14-8-4-9(15)11(18(20)21)10-12(8)22-6-13(19,17-10)7-2-1-3-16-5-7/h1-5,17-19H,6H2/q-1. The molecule has 1 atom stereocenters. The summed E-state index contributed by atoms with van der Waals surface area (Å²) in [7, 11) is 0. The first-order valence-electron chi connectivity index (χ1n) is 6.19. The van der Waals surface area contributed by atoms with Crippen molar-refractivity contribution in [3.63, 3.8) is 0 Å². The molecule has 1 aromatic heterocycles. The Balaban J connectivity index is 2.12. The summed E-state index contributed by atoms with van der Waals surface area (Å²) in [6.07, 6.45) is 2.92. The lowest BCUT2D eigenvalue weighted by molar-refractivity contribution is -0.716. The molecule has 2 aromatic rings. The molecular weight excluding hydrogens is 361 g/mol. The number of aliphatic hydroxyl groups is 1. The Bertz CT molecular complexity index is 716. The van der Waals surface area contributed by atoms with Gasteiger partial charge in [-0.3, -0.25) is 4.98 Å². The van der Waals surface area contributed by atoms with E-state index in [1.807, 2.05) is 0 Å². The van der Waals surface area contributed by atoms with Crippen LogP contribution < -0.4 is 15.3 Å². The average Bonchev–Trinajstić information content (AvgIpc) is 2.47. The zero-order chi connectivity index (χ0) is 15.9. The number of pyridine rings is 1. The summed E-state index contributed by atoms with van der Waals surface area (Å²) in [5, 5.41) is 33.9. The van der Waals surface area contributed by atoms with Gasteiger partial charge in [0.05, 0.1) is 4.47 Å². The lowest BCUT2D eigenvalue weighted by Gasteiger charge is -2.38. The van der Waals surface area contributed by atoms with Gasteiger partial charge in [0.1, 0.15) is 12.3 Å². The number of benzene rings is 1. The molecule has 1 aliphatic heterocycles. The highest BCUT2D eigenvalue weighted by molar-refractivity contribution is 9.10. The second kappa shape index (κ2) is 5.45. The van der Waals surface area contributed by atoms with Crippen LogP contribution >= 0.6 is 15.9 Å². The van der Waals surface area contributed by atoms with E-state index in [9.17, 15) is 19.9 Å². The summed E-state index contributed by atoms with van der Waals surface area (Å²) >= 11 is 3.10. The molecule has 9 heteroatoms. The molecule has 0 radical (unpaired) electrons. The number of halogens is 2. The minimum absolute atomic E-state index is 0.0918. The fourth-order valence-electron chi connectivity index (χ4n) is 2.24. The van der Waals surface area contributed by atoms with Gasteiger partial charge < -0.3 is 30.8 Å². The molecule has 22 heavy (non-hydrogen) atoms. The molecule has 0 amide bonds. The molecule has 2 heterocycles. The molecule has 3 N–H and O–H groups in total. The third-order valence-corrected chi connectivity index (χ3v) is 3.88. The number of hydrogen-bond acceptors (Lipinski definition) is 6. The maximum atomic E-state index is 13.9. The second-order valence-corrected chi connectivity index (χ2v) is 5.58. The first-order valence-corrected chi connectivity index (χ1v) is 6.99. The minimum Gasteiger partial charge on any atom is -0.628 e. The Labute approximate surface area is 132 Å². The molecule has 0 saturated carbocycles. The average molecular weight is 371 g/mol. The highest BCUT2D eigenvalue weighted by Gasteiger charge is 2.39. The third-order valence-electron chi connectivity index (χ3n) is 3.29. The third kappa shape index (κ3) is 2.42. The smallest absolute Gasteiger partial charge is 0.198 e. The van der Waals surface area contributed by atoms with E-state index >= 15 is 0 Å². The van der Waals surface area contributed by atoms with Crippen molar-refractivity contribution in [1.29, 1.82) is 0 Å². The molecular formula is C13H10BrFN3O4-. The van der Waals surface area contributed by atoms with Crippen molar-refractivity contribution in [2.45, 2.75) is 5.72 Å². The van der Waals surface area contributed by atoms with E-state index in [1.54, 1.807) is 12.1 Å². The van der Waals surface area contributed by atoms with Crippen molar-refractivity contribution in [2.24, 2.45) is 0 Å². The monoisotopic (exact) mass is 370 g/mol. The van der Waals surface area contributed by atoms with Gasteiger partial charge in [-0.2, -0.15) is 0 Å². The fourth-order valence-corrected chi connectivity index (χ4v) is 2.76. The van der Waals surface area contributed by atoms with Crippen LogP contribution in [0, 0.1) is 16.2 Å². The summed E-state index contributed by atoms with van der Waals surface area (Å²) in [6.45, 7) is -0.206. The lowest BCUT2D eigenvalue weighted by atomic mass is 10.0. The van der Waals surface area contributed by atoms with Crippen LogP contribution in [0.25, 0.3) is 0 Å². The van der Waals surface area contributed by atoms with Gasteiger partial charge in [0.25, 0.3) is 0 Å². The van der Waals surface area contributed by atoms with Crippen molar-refractivity contribution in [3.8, 4) is 5.75 Å². The largest absolute Gasteiger partial charge is 0.628 e. The van der Waals surface area contributed by atoms with E-state index in [4.69, 9.17) is 4.74 Å². The van der Waals surface area contributed by atoms with Gasteiger partial charge in [0, 0.05) is 18.0 Å². The zero-order valence-electron chi connectivity index (χ0n) is 11.0. The number of anilines is 1. The summed E-state index contributed by atoms with van der Waals surface area (Å²) in [6, 6.07) is 4.16. The molecule has 0 saturated heterocycles. The SMILES string of the molecule is [O-][NH+]([O-])c1c(F)cc(Br)c2c1NC(O)(c1cccnc1)CO2. The normalized spacial score (nSPS) is 20.3. The van der Waals surface area contributed by atoms with Gasteiger partial charge >= 0.3 is 0 Å². The topological polar surface area (TPSA) is 105 Å². The van der Waals surface area contributed by atoms with Gasteiger partial charge in [-0.1, -0.05) is 6.07 Å². The van der Waals surface area contributed by atoms with Crippen LogP contribution in [0.4, 0.5) is 15.8 Å². The predicted molar refractivity (Wildman–Crippen MR) is 78.7 cm³/mol. The number of aromatic nitrogens is 1.